The maximum atomic E-state index is 13.8. The minimum atomic E-state index is -1.75. The molecular formula is C40H65N11O17S. The first-order chi connectivity index (χ1) is 32.2. The molecule has 0 aromatic carbocycles. The highest BCUT2D eigenvalue weighted by atomic mass is 32.1. The molecule has 10 amide bonds. The number of thiol groups is 1. The van der Waals surface area contributed by atoms with E-state index in [9.17, 15) is 72.5 Å². The van der Waals surface area contributed by atoms with E-state index in [1.807, 2.05) is 0 Å². The quantitative estimate of drug-likeness (QED) is 0.0287. The lowest BCUT2D eigenvalue weighted by Gasteiger charge is -2.28. The van der Waals surface area contributed by atoms with Crippen molar-refractivity contribution in [3.63, 3.8) is 0 Å². The van der Waals surface area contributed by atoms with Gasteiger partial charge in [0, 0.05) is 25.1 Å². The minimum absolute atomic E-state index is 0.0678. The van der Waals surface area contributed by atoms with E-state index in [1.54, 1.807) is 13.8 Å². The van der Waals surface area contributed by atoms with E-state index in [0.717, 1.165) is 4.90 Å². The van der Waals surface area contributed by atoms with Gasteiger partial charge in [0.1, 0.15) is 48.8 Å². The van der Waals surface area contributed by atoms with Crippen molar-refractivity contribution in [1.29, 1.82) is 0 Å². The highest BCUT2D eigenvalue weighted by Crippen LogP contribution is 2.17. The fourth-order valence-corrected chi connectivity index (χ4v) is 6.87. The number of hydrogen-bond acceptors (Lipinski definition) is 16. The fraction of sp³-hybridized carbons (Fsp3) is 0.675. The molecule has 1 fully saturated rings. The highest BCUT2D eigenvalue weighted by Gasteiger charge is 2.37. The van der Waals surface area contributed by atoms with Crippen LogP contribution in [0.25, 0.3) is 0 Å². The zero-order valence-electron chi connectivity index (χ0n) is 38.6. The number of carboxylic acids is 3. The van der Waals surface area contributed by atoms with Crippen molar-refractivity contribution in [2.45, 2.75) is 127 Å². The van der Waals surface area contributed by atoms with Gasteiger partial charge < -0.3 is 79.3 Å². The molecule has 29 heteroatoms. The number of rotatable bonds is 31. The zero-order valence-corrected chi connectivity index (χ0v) is 39.5. The molecule has 0 aromatic rings. The predicted octanol–water partition coefficient (Wildman–Crippen LogP) is -6.24. The lowest BCUT2D eigenvalue weighted by molar-refractivity contribution is -0.141. The summed E-state index contributed by atoms with van der Waals surface area (Å²) >= 11 is 4.13. The molecule has 1 heterocycles. The summed E-state index contributed by atoms with van der Waals surface area (Å²) in [5.74, 6) is -15.0. The van der Waals surface area contributed by atoms with Crippen molar-refractivity contribution in [3.05, 3.63) is 0 Å². The normalized spacial score (nSPS) is 16.2. The molecule has 28 nitrogen and oxygen atoms in total. The van der Waals surface area contributed by atoms with Crippen LogP contribution in [0.5, 0.6) is 0 Å². The van der Waals surface area contributed by atoms with Crippen LogP contribution in [0.1, 0.15) is 79.1 Å². The number of likely N-dealkylation sites (tertiary alicyclic amines) is 1. The van der Waals surface area contributed by atoms with Gasteiger partial charge in [-0.3, -0.25) is 62.3 Å². The number of carbonyl (C=O) groups is 13. The van der Waals surface area contributed by atoms with Gasteiger partial charge in [-0.05, 0) is 43.9 Å². The molecule has 1 aliphatic heterocycles. The molecule has 0 bridgehead atoms. The maximum Gasteiger partial charge on any atom is 0.322 e. The Morgan fingerprint density at radius 2 is 1.14 bits per heavy atom. The topological polar surface area (TPSA) is 454 Å². The van der Waals surface area contributed by atoms with Crippen molar-refractivity contribution in [2.75, 3.05) is 32.0 Å². The SMILES string of the molecule is CC(C)C[C@H](NC(=O)[C@H](CCC(N)=O)NC(=O)[C@@H](NC(=O)[C@@H](N)CC(=O)O)C(C)C)C(=O)N[C@@H](CS)C(=O)N[C@@H](CCC(=O)O)C(=O)N[C@@H](CO)C(=O)NCC(=O)N1CCC[C@H]1C(=O)NCC(=O)O. The molecule has 0 radical (unpaired) electrons. The fourth-order valence-electron chi connectivity index (χ4n) is 6.62. The number of nitrogens with two attached hydrogens (primary N) is 2. The van der Waals surface area contributed by atoms with Crippen LogP contribution in [0, 0.1) is 11.8 Å². The minimum Gasteiger partial charge on any atom is -0.481 e. The molecule has 8 atom stereocenters. The van der Waals surface area contributed by atoms with Crippen LogP contribution in [0.4, 0.5) is 0 Å². The van der Waals surface area contributed by atoms with Gasteiger partial charge in [-0.1, -0.05) is 27.7 Å². The summed E-state index contributed by atoms with van der Waals surface area (Å²) < 4.78 is 0. The predicted molar refractivity (Wildman–Crippen MR) is 241 cm³/mol. The molecule has 1 rings (SSSR count). The van der Waals surface area contributed by atoms with Crippen LogP contribution in [0.2, 0.25) is 0 Å². The van der Waals surface area contributed by atoms with E-state index in [2.05, 4.69) is 55.2 Å². The first-order valence-electron chi connectivity index (χ1n) is 21.8. The van der Waals surface area contributed by atoms with Gasteiger partial charge in [-0.15, -0.1) is 0 Å². The molecule has 1 saturated heterocycles. The molecule has 0 aromatic heterocycles. The van der Waals surface area contributed by atoms with E-state index in [1.165, 1.54) is 13.8 Å². The monoisotopic (exact) mass is 1000 g/mol. The second kappa shape index (κ2) is 30.0. The maximum absolute atomic E-state index is 13.8. The van der Waals surface area contributed by atoms with Crippen LogP contribution in [0.15, 0.2) is 0 Å². The molecule has 69 heavy (non-hydrogen) atoms. The van der Waals surface area contributed by atoms with E-state index in [0.29, 0.717) is 6.42 Å². The standard InChI is InChI=1S/C40H65N11O17S/c1-18(2)12-23(47-35(63)21(7-9-27(42)53)46-40(68)32(19(3)4)50-33(61)20(41)13-30(57)58)37(65)49-25(17-69)38(66)45-22(8-10-29(55)56)36(64)48-24(16-52)34(62)43-14-28(54)51-11-5-6-26(51)39(67)44-15-31(59)60/h18-26,32,52,69H,5-17,41H2,1-4H3,(H2,42,53)(H,43,62)(H,44,67)(H,45,66)(H,46,68)(H,47,63)(H,48,64)(H,49,65)(H,50,61)(H,55,56)(H,57,58)(H,59,60)/t20-,21-,22-,23-,24-,25-,26-,32-/m0/s1. The summed E-state index contributed by atoms with van der Waals surface area (Å²) in [6.07, 6.45) is -2.27. The summed E-state index contributed by atoms with van der Waals surface area (Å²) in [7, 11) is 0. The lowest BCUT2D eigenvalue weighted by Crippen LogP contribution is -2.61. The van der Waals surface area contributed by atoms with Gasteiger partial charge in [-0.25, -0.2) is 0 Å². The van der Waals surface area contributed by atoms with Gasteiger partial charge in [0.05, 0.1) is 25.6 Å². The summed E-state index contributed by atoms with van der Waals surface area (Å²) in [5, 5.41) is 55.6. The Morgan fingerprint density at radius 1 is 0.623 bits per heavy atom. The second-order valence-electron chi connectivity index (χ2n) is 16.7. The van der Waals surface area contributed by atoms with Gasteiger partial charge in [0.25, 0.3) is 0 Å². The Hall–Kier alpha value is -6.62. The largest absolute Gasteiger partial charge is 0.481 e. The number of carbonyl (C=O) groups excluding carboxylic acids is 10. The third-order valence-corrected chi connectivity index (χ3v) is 10.6. The number of aliphatic carboxylic acids is 3. The summed E-state index contributed by atoms with van der Waals surface area (Å²) in [6.45, 7) is 4.13. The third-order valence-electron chi connectivity index (χ3n) is 10.2. The number of aliphatic hydroxyl groups is 1. The third kappa shape index (κ3) is 21.9. The molecule has 0 spiro atoms. The van der Waals surface area contributed by atoms with Crippen LogP contribution in [0.3, 0.4) is 0 Å². The Labute approximate surface area is 401 Å². The Balaban J connectivity index is 3.19. The summed E-state index contributed by atoms with van der Waals surface area (Å²) in [5.41, 5.74) is 10.9. The Morgan fingerprint density at radius 3 is 1.65 bits per heavy atom. The molecule has 388 valence electrons. The van der Waals surface area contributed by atoms with Crippen molar-refractivity contribution >= 4 is 89.6 Å². The van der Waals surface area contributed by atoms with Crippen molar-refractivity contribution < 1.29 is 82.8 Å². The summed E-state index contributed by atoms with van der Waals surface area (Å²) in [6, 6.07) is -11.9. The Bertz CT molecular complexity index is 1900. The number of aliphatic hydroxyl groups excluding tert-OH is 1. The van der Waals surface area contributed by atoms with E-state index in [-0.39, 0.29) is 31.7 Å². The highest BCUT2D eigenvalue weighted by molar-refractivity contribution is 7.80. The van der Waals surface area contributed by atoms with Crippen LogP contribution in [-0.2, 0) is 62.3 Å². The van der Waals surface area contributed by atoms with Crippen LogP contribution in [-0.4, -0.2) is 183 Å². The number of primary amides is 1. The van der Waals surface area contributed by atoms with Crippen molar-refractivity contribution in [2.24, 2.45) is 23.3 Å². The second-order valence-corrected chi connectivity index (χ2v) is 17.1. The molecule has 0 unspecified atom stereocenters. The number of amides is 10. The Kier molecular flexibility index (Phi) is 26.3. The van der Waals surface area contributed by atoms with Gasteiger partial charge >= 0.3 is 17.9 Å². The van der Waals surface area contributed by atoms with Gasteiger partial charge in [0.15, 0.2) is 0 Å². The first kappa shape index (κ1) is 60.4. The first-order valence-corrected chi connectivity index (χ1v) is 22.4. The number of carboxylic acid groups (broad SMARTS) is 3. The van der Waals surface area contributed by atoms with Gasteiger partial charge in [0.2, 0.25) is 59.1 Å². The average Bonchev–Trinajstić information content (AvgIpc) is 3.76. The molecular weight excluding hydrogens is 939 g/mol. The molecule has 1 aliphatic rings. The lowest BCUT2D eigenvalue weighted by atomic mass is 10.00. The molecule has 16 N–H and O–H groups in total. The van der Waals surface area contributed by atoms with E-state index >= 15 is 0 Å². The average molecular weight is 1000 g/mol. The van der Waals surface area contributed by atoms with Gasteiger partial charge in [-0.2, -0.15) is 12.6 Å². The van der Waals surface area contributed by atoms with E-state index < -0.39 is 182 Å². The summed E-state index contributed by atoms with van der Waals surface area (Å²) in [4.78, 5) is 165. The smallest absolute Gasteiger partial charge is 0.322 e. The molecule has 0 aliphatic carbocycles. The number of nitrogens with one attached hydrogen (secondary N) is 8. The van der Waals surface area contributed by atoms with Crippen LogP contribution >= 0.6 is 12.6 Å². The number of nitrogens with zero attached hydrogens (tertiary/aromatic N) is 1. The van der Waals surface area contributed by atoms with Crippen molar-refractivity contribution in [3.8, 4) is 0 Å². The van der Waals surface area contributed by atoms with Crippen molar-refractivity contribution in [1.82, 2.24) is 47.4 Å². The zero-order chi connectivity index (χ0) is 52.7. The number of hydrogen-bond donors (Lipinski definition) is 15. The van der Waals surface area contributed by atoms with E-state index in [4.69, 9.17) is 21.7 Å². The van der Waals surface area contributed by atoms with Crippen LogP contribution < -0.4 is 54.0 Å². The molecule has 0 saturated carbocycles.